The van der Waals surface area contributed by atoms with Gasteiger partial charge in [-0.15, -0.1) is 0 Å². The highest BCUT2D eigenvalue weighted by atomic mass is 31.2. The Balaban J connectivity index is 4.04. The van der Waals surface area contributed by atoms with Crippen LogP contribution in [0.5, 0.6) is 0 Å². The molecule has 0 aliphatic heterocycles. The number of hydrogen-bond donors (Lipinski definition) is 5. The average molecular weight is 269 g/mol. The Kier molecular flexibility index (Phi) is 6.69. The van der Waals surface area contributed by atoms with Crippen LogP contribution in [0.1, 0.15) is 0 Å². The van der Waals surface area contributed by atoms with E-state index < -0.39 is 26.4 Å². The summed E-state index contributed by atoms with van der Waals surface area (Å²) in [7, 11) is -4.93. The van der Waals surface area contributed by atoms with E-state index in [2.05, 4.69) is 14.8 Å². The Labute approximate surface area is 96.9 Å². The Bertz CT molecular complexity index is 324. The second-order valence-corrected chi connectivity index (χ2v) is 4.11. The minimum absolute atomic E-state index is 0.104. The number of aliphatic carboxylic acids is 1. The van der Waals surface area contributed by atoms with Gasteiger partial charge in [0.25, 0.3) is 7.82 Å². The Morgan fingerprint density at radius 3 is 2.59 bits per heavy atom. The Hall–Kier alpha value is -1.19. The van der Waals surface area contributed by atoms with Crippen LogP contribution in [-0.2, 0) is 13.9 Å². The monoisotopic (exact) mass is 269 g/mol. The second-order valence-electron chi connectivity index (χ2n) is 2.92. The van der Waals surface area contributed by atoms with Crippen LogP contribution < -0.4 is 21.7 Å². The Morgan fingerprint density at radius 2 is 2.18 bits per heavy atom. The highest BCUT2D eigenvalue weighted by molar-refractivity contribution is 7.44. The molecule has 7 N–H and O–H groups in total. The number of nitrogens with two attached hydrogens (primary N) is 2. The molecule has 0 fully saturated rings. The molecular weight excluding hydrogens is 255 g/mol. The molecule has 0 amide bonds. The summed E-state index contributed by atoms with van der Waals surface area (Å²) < 4.78 is 14.2. The number of guanidine groups is 1. The summed E-state index contributed by atoms with van der Waals surface area (Å²) >= 11 is 0. The van der Waals surface area contributed by atoms with Gasteiger partial charge in [-0.05, 0) is 0 Å². The zero-order valence-electron chi connectivity index (χ0n) is 8.78. The van der Waals surface area contributed by atoms with E-state index in [1.54, 1.807) is 0 Å². The number of nitrogens with zero attached hydrogens (tertiary/aromatic N) is 1. The van der Waals surface area contributed by atoms with E-state index >= 15 is 0 Å². The zero-order valence-corrected chi connectivity index (χ0v) is 9.67. The normalized spacial score (nSPS) is 15.9. The molecule has 0 radical (unpaired) electrons. The molecule has 0 saturated carbocycles. The zero-order chi connectivity index (χ0) is 13.5. The maximum Gasteiger partial charge on any atom is 0.323 e. The maximum absolute atomic E-state index is 10.6. The number of phosphoric ester groups is 1. The molecule has 0 aromatic heterocycles. The van der Waals surface area contributed by atoms with Gasteiger partial charge in [-0.2, -0.15) is 0 Å². The van der Waals surface area contributed by atoms with Crippen LogP contribution >= 0.6 is 7.82 Å². The van der Waals surface area contributed by atoms with E-state index in [0.717, 1.165) is 0 Å². The second kappa shape index (κ2) is 7.20. The molecule has 0 saturated heterocycles. The van der Waals surface area contributed by atoms with E-state index in [9.17, 15) is 14.3 Å². The van der Waals surface area contributed by atoms with E-state index in [4.69, 9.17) is 21.5 Å². The lowest BCUT2D eigenvalue weighted by Crippen LogP contribution is -2.42. The van der Waals surface area contributed by atoms with Crippen LogP contribution in [0.15, 0.2) is 4.99 Å². The van der Waals surface area contributed by atoms with Gasteiger partial charge in [0.05, 0.1) is 13.2 Å². The smallest absolute Gasteiger partial charge is 0.323 e. The summed E-state index contributed by atoms with van der Waals surface area (Å²) in [5.74, 6) is -1.47. The first-order valence-electron chi connectivity index (χ1n) is 4.42. The molecule has 100 valence electrons. The first-order valence-corrected chi connectivity index (χ1v) is 5.92. The van der Waals surface area contributed by atoms with E-state index in [1.165, 1.54) is 0 Å². The number of hydrogen-bond acceptors (Lipinski definition) is 6. The standard InChI is InChI=1S/C6H15N4O6P/c7-6(8)10-2-1-9-4(5(11)12)3-16-17(13,14)15/h4,9H,1-3H2,(H,11,12)(H4,7,8,10)(H2,13,14,15)/p-1/t4-/m0/s1. The van der Waals surface area contributed by atoms with E-state index in [0.29, 0.717) is 0 Å². The molecule has 0 aromatic carbocycles. The van der Waals surface area contributed by atoms with E-state index in [-0.39, 0.29) is 19.0 Å². The number of carboxylic acid groups (broad SMARTS) is 1. The number of nitrogens with one attached hydrogen (secondary N) is 1. The number of carbonyl (C=O) groups is 1. The lowest BCUT2D eigenvalue weighted by atomic mass is 10.3. The molecule has 0 spiro atoms. The van der Waals surface area contributed by atoms with Gasteiger partial charge in [0, 0.05) is 6.54 Å². The average Bonchev–Trinajstić information content (AvgIpc) is 2.13. The Morgan fingerprint density at radius 1 is 1.59 bits per heavy atom. The third kappa shape index (κ3) is 9.72. The van der Waals surface area contributed by atoms with Crippen molar-refractivity contribution in [1.29, 1.82) is 0 Å². The predicted octanol–water partition coefficient (Wildman–Crippen LogP) is -3.22. The SMILES string of the molecule is NC(N)=NCCN[C@@H](COP(=O)([O-])O)C(=O)O. The molecule has 1 unspecified atom stereocenters. The topological polar surface area (TPSA) is 183 Å². The van der Waals surface area contributed by atoms with Gasteiger partial charge in [-0.3, -0.25) is 14.4 Å². The number of aliphatic imine (C=N–C) groups is 1. The first-order chi connectivity index (χ1) is 7.72. The van der Waals surface area contributed by atoms with Gasteiger partial charge in [0.2, 0.25) is 0 Å². The summed E-state index contributed by atoms with van der Waals surface area (Å²) in [4.78, 5) is 32.8. The summed E-state index contributed by atoms with van der Waals surface area (Å²) in [6, 6.07) is -1.29. The summed E-state index contributed by atoms with van der Waals surface area (Å²) in [6.45, 7) is -0.498. The summed E-state index contributed by atoms with van der Waals surface area (Å²) in [6.07, 6.45) is 0. The molecule has 0 aliphatic carbocycles. The van der Waals surface area contributed by atoms with Gasteiger partial charge in [-0.25, -0.2) is 0 Å². The van der Waals surface area contributed by atoms with Crippen LogP contribution in [0.3, 0.4) is 0 Å². The third-order valence-corrected chi connectivity index (χ3v) is 1.97. The predicted molar refractivity (Wildman–Crippen MR) is 55.9 cm³/mol. The van der Waals surface area contributed by atoms with E-state index in [1.807, 2.05) is 0 Å². The highest BCUT2D eigenvalue weighted by Crippen LogP contribution is 2.29. The van der Waals surface area contributed by atoms with Crippen molar-refractivity contribution < 1.29 is 28.8 Å². The molecule has 0 rings (SSSR count). The molecule has 11 heteroatoms. The van der Waals surface area contributed by atoms with Crippen LogP contribution in [0.2, 0.25) is 0 Å². The van der Waals surface area contributed by atoms with Crippen LogP contribution in [-0.4, -0.2) is 47.7 Å². The molecule has 2 atom stereocenters. The number of phosphoric acid groups is 1. The summed E-state index contributed by atoms with van der Waals surface area (Å²) in [5.41, 5.74) is 10.1. The molecule has 17 heavy (non-hydrogen) atoms. The lowest BCUT2D eigenvalue weighted by molar-refractivity contribution is -0.220. The van der Waals surface area contributed by atoms with Crippen LogP contribution in [0.4, 0.5) is 0 Å². The molecule has 0 aliphatic rings. The van der Waals surface area contributed by atoms with Crippen LogP contribution in [0, 0.1) is 0 Å². The quantitative estimate of drug-likeness (QED) is 0.131. The van der Waals surface area contributed by atoms with Crippen molar-refractivity contribution in [3.63, 3.8) is 0 Å². The number of carboxylic acids is 1. The van der Waals surface area contributed by atoms with Gasteiger partial charge < -0.3 is 36.2 Å². The highest BCUT2D eigenvalue weighted by Gasteiger charge is 2.18. The van der Waals surface area contributed by atoms with Crippen LogP contribution in [0.25, 0.3) is 0 Å². The molecule has 0 heterocycles. The fourth-order valence-corrected chi connectivity index (χ4v) is 1.15. The van der Waals surface area contributed by atoms with Crippen molar-refractivity contribution in [2.45, 2.75) is 6.04 Å². The first kappa shape index (κ1) is 15.8. The number of rotatable bonds is 8. The minimum Gasteiger partial charge on any atom is -0.756 e. The van der Waals surface area contributed by atoms with Crippen molar-refractivity contribution >= 4 is 19.8 Å². The fourth-order valence-electron chi connectivity index (χ4n) is 0.810. The van der Waals surface area contributed by atoms with Crippen molar-refractivity contribution in [1.82, 2.24) is 5.32 Å². The molecule has 0 aromatic rings. The molecular formula is C6H14N4O6P-. The molecule has 0 bridgehead atoms. The maximum atomic E-state index is 10.6. The van der Waals surface area contributed by atoms with Crippen molar-refractivity contribution in [2.24, 2.45) is 16.5 Å². The largest absolute Gasteiger partial charge is 0.756 e. The van der Waals surface area contributed by atoms with Gasteiger partial charge in [0.15, 0.2) is 5.96 Å². The van der Waals surface area contributed by atoms with Crippen molar-refractivity contribution in [3.05, 3.63) is 0 Å². The molecule has 10 nitrogen and oxygen atoms in total. The van der Waals surface area contributed by atoms with Crippen molar-refractivity contribution in [3.8, 4) is 0 Å². The third-order valence-electron chi connectivity index (χ3n) is 1.50. The van der Waals surface area contributed by atoms with Gasteiger partial charge >= 0.3 is 5.97 Å². The summed E-state index contributed by atoms with van der Waals surface area (Å²) in [5, 5.41) is 11.1. The fraction of sp³-hybridized carbons (Fsp3) is 0.667. The lowest BCUT2D eigenvalue weighted by Gasteiger charge is -2.19. The van der Waals surface area contributed by atoms with Gasteiger partial charge in [-0.1, -0.05) is 0 Å². The van der Waals surface area contributed by atoms with Crippen molar-refractivity contribution in [2.75, 3.05) is 19.7 Å². The van der Waals surface area contributed by atoms with Gasteiger partial charge in [0.1, 0.15) is 6.04 Å². The minimum atomic E-state index is -4.93.